The van der Waals surface area contributed by atoms with E-state index in [2.05, 4.69) is 16.4 Å². The van der Waals surface area contributed by atoms with Crippen LogP contribution in [0.15, 0.2) is 53.6 Å². The van der Waals surface area contributed by atoms with Crippen LogP contribution in [0.2, 0.25) is 5.02 Å². The van der Waals surface area contributed by atoms with Crippen molar-refractivity contribution in [2.45, 2.75) is 25.3 Å². The normalized spacial score (nSPS) is 10.4. The summed E-state index contributed by atoms with van der Waals surface area (Å²) in [6.07, 6.45) is 0.261. The number of ether oxygens (including phenoxy) is 1. The number of thioether (sulfide) groups is 1. The number of pyridine rings is 1. The molecule has 3 rings (SSSR count). The van der Waals surface area contributed by atoms with Crippen LogP contribution < -0.4 is 10.1 Å². The Hall–Kier alpha value is -3.01. The molecular formula is C24H22ClN3O2S. The summed E-state index contributed by atoms with van der Waals surface area (Å²) in [5.41, 5.74) is 4.88. The highest BCUT2D eigenvalue weighted by Gasteiger charge is 2.12. The lowest BCUT2D eigenvalue weighted by Crippen LogP contribution is -2.13. The molecule has 0 aliphatic heterocycles. The summed E-state index contributed by atoms with van der Waals surface area (Å²) < 4.78 is 5.30. The van der Waals surface area contributed by atoms with E-state index in [9.17, 15) is 10.1 Å². The van der Waals surface area contributed by atoms with Crippen molar-refractivity contribution in [2.75, 3.05) is 18.2 Å². The Kier molecular flexibility index (Phi) is 7.56. The summed E-state index contributed by atoms with van der Waals surface area (Å²) in [5.74, 6) is 0.844. The summed E-state index contributed by atoms with van der Waals surface area (Å²) in [7, 11) is 1.53. The molecular weight excluding hydrogens is 430 g/mol. The topological polar surface area (TPSA) is 75.0 Å². The molecule has 0 saturated carbocycles. The smallest absolute Gasteiger partial charge is 0.225 e. The third kappa shape index (κ3) is 5.78. The van der Waals surface area contributed by atoms with Gasteiger partial charge in [0.1, 0.15) is 16.8 Å². The number of benzene rings is 2. The van der Waals surface area contributed by atoms with Gasteiger partial charge in [0.2, 0.25) is 5.91 Å². The van der Waals surface area contributed by atoms with Crippen LogP contribution in [-0.4, -0.2) is 23.8 Å². The fraction of sp³-hybridized carbons (Fsp3) is 0.208. The van der Waals surface area contributed by atoms with Gasteiger partial charge in [0.25, 0.3) is 0 Å². The third-order valence-electron chi connectivity index (χ3n) is 4.65. The molecule has 0 saturated heterocycles. The highest BCUT2D eigenvalue weighted by Crippen LogP contribution is 2.31. The van der Waals surface area contributed by atoms with E-state index in [1.54, 1.807) is 18.2 Å². The quantitative estimate of drug-likeness (QED) is 0.444. The first-order chi connectivity index (χ1) is 14.9. The maximum Gasteiger partial charge on any atom is 0.225 e. The van der Waals surface area contributed by atoms with E-state index in [1.165, 1.54) is 24.4 Å². The van der Waals surface area contributed by atoms with Crippen LogP contribution in [0.25, 0.3) is 11.3 Å². The monoisotopic (exact) mass is 451 g/mol. The summed E-state index contributed by atoms with van der Waals surface area (Å²) >= 11 is 7.51. The van der Waals surface area contributed by atoms with Crippen LogP contribution >= 0.6 is 23.4 Å². The van der Waals surface area contributed by atoms with Gasteiger partial charge in [-0.3, -0.25) is 4.79 Å². The Balaban J connectivity index is 1.67. The molecule has 1 aromatic heterocycles. The van der Waals surface area contributed by atoms with E-state index in [0.717, 1.165) is 16.8 Å². The Labute approximate surface area is 191 Å². The molecule has 1 N–H and O–H groups in total. The van der Waals surface area contributed by atoms with Gasteiger partial charge in [-0.05, 0) is 37.6 Å². The number of aromatic nitrogens is 1. The van der Waals surface area contributed by atoms with Crippen molar-refractivity contribution < 1.29 is 9.53 Å². The van der Waals surface area contributed by atoms with E-state index in [1.807, 2.05) is 44.2 Å². The number of hydrogen-bond donors (Lipinski definition) is 1. The molecule has 2 aromatic carbocycles. The number of rotatable bonds is 7. The van der Waals surface area contributed by atoms with Crippen molar-refractivity contribution in [3.63, 3.8) is 0 Å². The fourth-order valence-electron chi connectivity index (χ4n) is 2.90. The van der Waals surface area contributed by atoms with Gasteiger partial charge < -0.3 is 10.1 Å². The van der Waals surface area contributed by atoms with Crippen molar-refractivity contribution in [3.05, 3.63) is 70.2 Å². The fourth-order valence-corrected chi connectivity index (χ4v) is 3.97. The van der Waals surface area contributed by atoms with Gasteiger partial charge in [0, 0.05) is 28.8 Å². The molecule has 0 unspecified atom stereocenters. The lowest BCUT2D eigenvalue weighted by atomic mass is 10.1. The zero-order valence-electron chi connectivity index (χ0n) is 17.5. The Morgan fingerprint density at radius 3 is 2.61 bits per heavy atom. The number of carbonyl (C=O) groups is 1. The van der Waals surface area contributed by atoms with E-state index in [0.29, 0.717) is 32.8 Å². The summed E-state index contributed by atoms with van der Waals surface area (Å²) in [5, 5.41) is 13.5. The second-order valence-electron chi connectivity index (χ2n) is 6.98. The summed E-state index contributed by atoms with van der Waals surface area (Å²) in [6, 6.07) is 17.3. The number of aryl methyl sites for hydroxylation is 2. The van der Waals surface area contributed by atoms with Crippen LogP contribution in [0.1, 0.15) is 23.1 Å². The summed E-state index contributed by atoms with van der Waals surface area (Å²) in [4.78, 5) is 17.1. The molecule has 5 nitrogen and oxygen atoms in total. The second-order valence-corrected chi connectivity index (χ2v) is 8.47. The highest BCUT2D eigenvalue weighted by molar-refractivity contribution is 7.99. The number of anilines is 1. The van der Waals surface area contributed by atoms with Crippen molar-refractivity contribution in [3.8, 4) is 23.1 Å². The van der Waals surface area contributed by atoms with Crippen LogP contribution in [0.5, 0.6) is 5.75 Å². The minimum absolute atomic E-state index is 0.152. The van der Waals surface area contributed by atoms with Crippen molar-refractivity contribution in [1.29, 1.82) is 5.26 Å². The van der Waals surface area contributed by atoms with Crippen molar-refractivity contribution in [2.24, 2.45) is 0 Å². The van der Waals surface area contributed by atoms with E-state index < -0.39 is 0 Å². The number of methoxy groups -OCH3 is 1. The predicted octanol–water partition coefficient (Wildman–Crippen LogP) is 6.02. The first-order valence-corrected chi connectivity index (χ1v) is 11.0. The van der Waals surface area contributed by atoms with E-state index >= 15 is 0 Å². The lowest BCUT2D eigenvalue weighted by Gasteiger charge is -2.12. The first kappa shape index (κ1) is 22.7. The van der Waals surface area contributed by atoms with Crippen LogP contribution in [-0.2, 0) is 4.79 Å². The maximum absolute atomic E-state index is 12.4. The zero-order valence-corrected chi connectivity index (χ0v) is 19.1. The highest BCUT2D eigenvalue weighted by atomic mass is 35.5. The standard InChI is InChI=1S/C24H22ClN3O2S/c1-15-4-6-17(7-5-15)20-9-8-18(14-26)24(28-20)31-11-10-23(29)27-21-12-16(2)19(25)13-22(21)30-3/h4-9,12-13H,10-11H2,1-3H3,(H,27,29). The molecule has 31 heavy (non-hydrogen) atoms. The van der Waals surface area contributed by atoms with Crippen molar-refractivity contribution >= 4 is 35.0 Å². The molecule has 0 fully saturated rings. The third-order valence-corrected chi connectivity index (χ3v) is 6.05. The molecule has 0 spiro atoms. The van der Waals surface area contributed by atoms with Gasteiger partial charge in [0.05, 0.1) is 24.1 Å². The van der Waals surface area contributed by atoms with Crippen LogP contribution in [0, 0.1) is 25.2 Å². The number of carbonyl (C=O) groups excluding carboxylic acids is 1. The number of amides is 1. The number of nitrogens with zero attached hydrogens (tertiary/aromatic N) is 2. The second kappa shape index (κ2) is 10.3. The molecule has 0 bridgehead atoms. The van der Waals surface area contributed by atoms with Gasteiger partial charge in [-0.15, -0.1) is 11.8 Å². The maximum atomic E-state index is 12.4. The minimum atomic E-state index is -0.152. The molecule has 7 heteroatoms. The largest absolute Gasteiger partial charge is 0.495 e. The molecule has 1 heterocycles. The van der Waals surface area contributed by atoms with Gasteiger partial charge in [-0.1, -0.05) is 41.4 Å². The van der Waals surface area contributed by atoms with Gasteiger partial charge >= 0.3 is 0 Å². The first-order valence-electron chi connectivity index (χ1n) is 9.66. The SMILES string of the molecule is COc1cc(Cl)c(C)cc1NC(=O)CCSc1nc(-c2ccc(C)cc2)ccc1C#N. The Morgan fingerprint density at radius 2 is 1.94 bits per heavy atom. The van der Waals surface area contributed by atoms with Gasteiger partial charge in [-0.2, -0.15) is 5.26 Å². The Morgan fingerprint density at radius 1 is 1.19 bits per heavy atom. The number of hydrogen-bond acceptors (Lipinski definition) is 5. The van der Waals surface area contributed by atoms with E-state index in [-0.39, 0.29) is 12.3 Å². The minimum Gasteiger partial charge on any atom is -0.495 e. The lowest BCUT2D eigenvalue weighted by molar-refractivity contribution is -0.115. The molecule has 0 atom stereocenters. The van der Waals surface area contributed by atoms with Crippen LogP contribution in [0.3, 0.4) is 0 Å². The van der Waals surface area contributed by atoms with Gasteiger partial charge in [0.15, 0.2) is 0 Å². The molecule has 1 amide bonds. The number of nitriles is 1. The average molecular weight is 452 g/mol. The molecule has 0 aliphatic carbocycles. The number of nitrogens with one attached hydrogen (secondary N) is 1. The molecule has 0 radical (unpaired) electrons. The zero-order chi connectivity index (χ0) is 22.4. The molecule has 3 aromatic rings. The van der Waals surface area contributed by atoms with Gasteiger partial charge in [-0.25, -0.2) is 4.98 Å². The van der Waals surface area contributed by atoms with Crippen LogP contribution in [0.4, 0.5) is 5.69 Å². The number of halogens is 1. The predicted molar refractivity (Wildman–Crippen MR) is 126 cm³/mol. The van der Waals surface area contributed by atoms with Crippen molar-refractivity contribution in [1.82, 2.24) is 4.98 Å². The molecule has 158 valence electrons. The summed E-state index contributed by atoms with van der Waals surface area (Å²) in [6.45, 7) is 3.90. The average Bonchev–Trinajstić information content (AvgIpc) is 2.76. The Bertz CT molecular complexity index is 1140. The molecule has 0 aliphatic rings. The van der Waals surface area contributed by atoms with E-state index in [4.69, 9.17) is 16.3 Å².